The summed E-state index contributed by atoms with van der Waals surface area (Å²) in [5.74, 6) is 1.06. The number of nitrogens with one attached hydrogen (secondary N) is 1. The van der Waals surface area contributed by atoms with Crippen LogP contribution in [0.5, 0.6) is 11.5 Å². The highest BCUT2D eigenvalue weighted by atomic mass is 19.1. The predicted molar refractivity (Wildman–Crippen MR) is 104 cm³/mol. The molecule has 2 aromatic heterocycles. The first-order chi connectivity index (χ1) is 14.2. The van der Waals surface area contributed by atoms with Crippen molar-refractivity contribution in [3.8, 4) is 11.5 Å². The van der Waals surface area contributed by atoms with Gasteiger partial charge in [0.05, 0.1) is 0 Å². The van der Waals surface area contributed by atoms with Gasteiger partial charge in [-0.3, -0.25) is 4.79 Å². The first-order valence-corrected chi connectivity index (χ1v) is 9.13. The largest absolute Gasteiger partial charge is 0.457 e. The van der Waals surface area contributed by atoms with Gasteiger partial charge in [-0.05, 0) is 60.9 Å². The van der Waals surface area contributed by atoms with Crippen molar-refractivity contribution in [3.63, 3.8) is 0 Å². The van der Waals surface area contributed by atoms with Crippen LogP contribution in [-0.4, -0.2) is 32.0 Å². The molecular weight excluding hydrogens is 373 g/mol. The zero-order valence-corrected chi connectivity index (χ0v) is 15.5. The fourth-order valence-corrected chi connectivity index (χ4v) is 2.82. The van der Waals surface area contributed by atoms with Crippen LogP contribution in [-0.2, 0) is 6.42 Å². The van der Waals surface area contributed by atoms with E-state index in [0.717, 1.165) is 18.4 Å². The van der Waals surface area contributed by atoms with Crippen molar-refractivity contribution in [1.82, 2.24) is 24.9 Å². The summed E-state index contributed by atoms with van der Waals surface area (Å²) < 4.78 is 20.3. The minimum atomic E-state index is -0.331. The maximum Gasteiger partial charge on any atom is 0.252 e. The molecule has 1 N–H and O–H groups in total. The number of carbonyl (C=O) groups excluding carboxylic acids is 1. The Morgan fingerprint density at radius 3 is 2.83 bits per heavy atom. The molecular formula is C21H18FN5O2. The van der Waals surface area contributed by atoms with Crippen LogP contribution in [0.1, 0.15) is 22.3 Å². The molecule has 29 heavy (non-hydrogen) atoms. The van der Waals surface area contributed by atoms with Crippen LogP contribution in [0.3, 0.4) is 0 Å². The zero-order valence-electron chi connectivity index (χ0n) is 15.5. The molecule has 1 amide bonds. The van der Waals surface area contributed by atoms with E-state index in [1.807, 2.05) is 6.20 Å². The van der Waals surface area contributed by atoms with E-state index in [4.69, 9.17) is 4.74 Å². The Morgan fingerprint density at radius 2 is 1.97 bits per heavy atom. The second-order valence-corrected chi connectivity index (χ2v) is 6.41. The Balaban J connectivity index is 1.29. The van der Waals surface area contributed by atoms with E-state index >= 15 is 0 Å². The standard InChI is InChI=1S/C21H18FN5O2/c22-17-6-8-18(9-7-17)29-19-5-1-4-16(11-19)20(28)23-10-2-3-15-12-24-21-25-14-26-27(21)13-15/h1,4-9,11-14H,2-3,10H2,(H,23,28). The van der Waals surface area contributed by atoms with E-state index in [1.54, 1.807) is 35.0 Å². The average molecular weight is 391 g/mol. The summed E-state index contributed by atoms with van der Waals surface area (Å²) in [6, 6.07) is 12.6. The van der Waals surface area contributed by atoms with E-state index in [9.17, 15) is 9.18 Å². The normalized spacial score (nSPS) is 10.8. The monoisotopic (exact) mass is 391 g/mol. The molecule has 0 unspecified atom stereocenters. The van der Waals surface area contributed by atoms with Crippen molar-refractivity contribution in [1.29, 1.82) is 0 Å². The van der Waals surface area contributed by atoms with Crippen molar-refractivity contribution in [3.05, 3.63) is 84.2 Å². The molecule has 0 atom stereocenters. The lowest BCUT2D eigenvalue weighted by atomic mass is 10.1. The molecule has 0 fully saturated rings. The number of hydrogen-bond acceptors (Lipinski definition) is 5. The van der Waals surface area contributed by atoms with Gasteiger partial charge in [-0.1, -0.05) is 6.07 Å². The van der Waals surface area contributed by atoms with Gasteiger partial charge in [0, 0.05) is 24.5 Å². The first kappa shape index (κ1) is 18.5. The van der Waals surface area contributed by atoms with Gasteiger partial charge in [0.15, 0.2) is 0 Å². The number of nitrogens with zero attached hydrogens (tertiary/aromatic N) is 4. The highest BCUT2D eigenvalue weighted by Crippen LogP contribution is 2.22. The molecule has 0 aliphatic carbocycles. The van der Waals surface area contributed by atoms with E-state index in [-0.39, 0.29) is 11.7 Å². The molecule has 7 nitrogen and oxygen atoms in total. The molecule has 4 rings (SSSR count). The second-order valence-electron chi connectivity index (χ2n) is 6.41. The fraction of sp³-hybridized carbons (Fsp3) is 0.143. The van der Waals surface area contributed by atoms with Gasteiger partial charge in [0.1, 0.15) is 23.6 Å². The van der Waals surface area contributed by atoms with Gasteiger partial charge in [-0.25, -0.2) is 13.9 Å². The number of fused-ring (bicyclic) bond motifs is 1. The van der Waals surface area contributed by atoms with Gasteiger partial charge < -0.3 is 10.1 Å². The van der Waals surface area contributed by atoms with Crippen molar-refractivity contribution in [2.24, 2.45) is 0 Å². The molecule has 0 spiro atoms. The maximum absolute atomic E-state index is 13.0. The minimum Gasteiger partial charge on any atom is -0.457 e. The van der Waals surface area contributed by atoms with E-state index in [0.29, 0.717) is 29.4 Å². The highest BCUT2D eigenvalue weighted by Gasteiger charge is 2.07. The summed E-state index contributed by atoms with van der Waals surface area (Å²) in [5, 5.41) is 6.96. The smallest absolute Gasteiger partial charge is 0.252 e. The lowest BCUT2D eigenvalue weighted by Gasteiger charge is -2.09. The summed E-state index contributed by atoms with van der Waals surface area (Å²) in [6.45, 7) is 0.525. The molecule has 0 radical (unpaired) electrons. The van der Waals surface area contributed by atoms with Crippen LogP contribution >= 0.6 is 0 Å². The van der Waals surface area contributed by atoms with E-state index in [1.165, 1.54) is 30.6 Å². The van der Waals surface area contributed by atoms with Crippen LogP contribution in [0.2, 0.25) is 0 Å². The summed E-state index contributed by atoms with van der Waals surface area (Å²) in [5.41, 5.74) is 1.52. The van der Waals surface area contributed by atoms with Gasteiger partial charge in [-0.2, -0.15) is 10.1 Å². The number of rotatable bonds is 7. The number of benzene rings is 2. The van der Waals surface area contributed by atoms with Crippen molar-refractivity contribution in [2.75, 3.05) is 6.54 Å². The van der Waals surface area contributed by atoms with Gasteiger partial charge in [-0.15, -0.1) is 0 Å². The minimum absolute atomic E-state index is 0.181. The van der Waals surface area contributed by atoms with E-state index < -0.39 is 0 Å². The molecule has 0 saturated carbocycles. The molecule has 0 saturated heterocycles. The molecule has 8 heteroatoms. The average Bonchev–Trinajstić information content (AvgIpc) is 3.21. The lowest BCUT2D eigenvalue weighted by molar-refractivity contribution is 0.0953. The highest BCUT2D eigenvalue weighted by molar-refractivity contribution is 5.94. The third-order valence-corrected chi connectivity index (χ3v) is 4.26. The van der Waals surface area contributed by atoms with E-state index in [2.05, 4.69) is 20.4 Å². The van der Waals surface area contributed by atoms with Crippen LogP contribution in [0.15, 0.2) is 67.3 Å². The Bertz CT molecular complexity index is 1130. The quantitative estimate of drug-likeness (QED) is 0.488. The predicted octanol–water partition coefficient (Wildman–Crippen LogP) is 3.42. The molecule has 2 aromatic carbocycles. The Kier molecular flexibility index (Phi) is 5.42. The number of carbonyl (C=O) groups is 1. The SMILES string of the molecule is O=C(NCCCc1cnc2ncnn2c1)c1cccc(Oc2ccc(F)cc2)c1. The molecule has 4 aromatic rings. The van der Waals surface area contributed by atoms with Gasteiger partial charge >= 0.3 is 0 Å². The number of aryl methyl sites for hydroxylation is 1. The zero-order chi connectivity index (χ0) is 20.1. The number of ether oxygens (including phenoxy) is 1. The Morgan fingerprint density at radius 1 is 1.10 bits per heavy atom. The maximum atomic E-state index is 13.0. The van der Waals surface area contributed by atoms with Crippen molar-refractivity contribution in [2.45, 2.75) is 12.8 Å². The molecule has 0 aliphatic rings. The summed E-state index contributed by atoms with van der Waals surface area (Å²) in [7, 11) is 0. The third kappa shape index (κ3) is 4.73. The summed E-state index contributed by atoms with van der Waals surface area (Å²) >= 11 is 0. The molecule has 2 heterocycles. The molecule has 0 aliphatic heterocycles. The van der Waals surface area contributed by atoms with Crippen LogP contribution in [0, 0.1) is 5.82 Å². The summed E-state index contributed by atoms with van der Waals surface area (Å²) in [6.07, 6.45) is 6.63. The van der Waals surface area contributed by atoms with Gasteiger partial charge in [0.25, 0.3) is 11.7 Å². The Hall–Kier alpha value is -3.81. The number of aromatic nitrogens is 4. The van der Waals surface area contributed by atoms with Crippen LogP contribution < -0.4 is 10.1 Å². The number of hydrogen-bond donors (Lipinski definition) is 1. The first-order valence-electron chi connectivity index (χ1n) is 9.13. The Labute approximate surface area is 166 Å². The fourth-order valence-electron chi connectivity index (χ4n) is 2.82. The van der Waals surface area contributed by atoms with Crippen molar-refractivity contribution < 1.29 is 13.9 Å². The number of halogens is 1. The molecule has 146 valence electrons. The second kappa shape index (κ2) is 8.47. The van der Waals surface area contributed by atoms with Gasteiger partial charge in [0.2, 0.25) is 0 Å². The lowest BCUT2D eigenvalue weighted by Crippen LogP contribution is -2.24. The van der Waals surface area contributed by atoms with Crippen molar-refractivity contribution >= 4 is 11.7 Å². The topological polar surface area (TPSA) is 81.4 Å². The molecule has 0 bridgehead atoms. The van der Waals surface area contributed by atoms with Crippen LogP contribution in [0.25, 0.3) is 5.78 Å². The summed E-state index contributed by atoms with van der Waals surface area (Å²) in [4.78, 5) is 20.6. The third-order valence-electron chi connectivity index (χ3n) is 4.26. The number of amides is 1. The van der Waals surface area contributed by atoms with Crippen LogP contribution in [0.4, 0.5) is 4.39 Å².